The number of hydrogen-bond donors (Lipinski definition) is 1. The highest BCUT2D eigenvalue weighted by atomic mass is 35.5. The molecule has 1 saturated heterocycles. The van der Waals surface area contributed by atoms with Gasteiger partial charge in [0.15, 0.2) is 6.10 Å². The van der Waals surface area contributed by atoms with Crippen LogP contribution in [0.4, 0.5) is 0 Å². The standard InChI is InChI=1S/C16H19Cl2NO4/c1-10(23-14-3-2-12(17)9-13(14)18)16(22)19-6-4-11(5-7-19)8-15(20)21/h2-3,9-11H,4-8H2,1H3,(H,20,21). The summed E-state index contributed by atoms with van der Waals surface area (Å²) in [7, 11) is 0. The summed E-state index contributed by atoms with van der Waals surface area (Å²) < 4.78 is 5.63. The van der Waals surface area contributed by atoms with E-state index in [9.17, 15) is 9.59 Å². The van der Waals surface area contributed by atoms with Gasteiger partial charge in [0.2, 0.25) is 0 Å². The van der Waals surface area contributed by atoms with Gasteiger partial charge in [-0.3, -0.25) is 9.59 Å². The van der Waals surface area contributed by atoms with Crippen molar-refractivity contribution in [2.75, 3.05) is 13.1 Å². The number of amides is 1. The molecule has 5 nitrogen and oxygen atoms in total. The number of carbonyl (C=O) groups excluding carboxylic acids is 1. The van der Waals surface area contributed by atoms with Crippen LogP contribution < -0.4 is 4.74 Å². The van der Waals surface area contributed by atoms with Crippen LogP contribution >= 0.6 is 23.2 Å². The summed E-state index contributed by atoms with van der Waals surface area (Å²) in [4.78, 5) is 24.9. The lowest BCUT2D eigenvalue weighted by atomic mass is 9.93. The predicted octanol–water partition coefficient (Wildman–Crippen LogP) is 3.47. The van der Waals surface area contributed by atoms with E-state index < -0.39 is 12.1 Å². The van der Waals surface area contributed by atoms with E-state index in [4.69, 9.17) is 33.0 Å². The number of ether oxygens (including phenoxy) is 1. The summed E-state index contributed by atoms with van der Waals surface area (Å²) in [6.07, 6.45) is 0.901. The van der Waals surface area contributed by atoms with Crippen molar-refractivity contribution >= 4 is 35.1 Å². The summed E-state index contributed by atoms with van der Waals surface area (Å²) in [5.74, 6) is -0.357. The van der Waals surface area contributed by atoms with Crippen LogP contribution in [0.1, 0.15) is 26.2 Å². The SMILES string of the molecule is CC(Oc1ccc(Cl)cc1Cl)C(=O)N1CCC(CC(=O)O)CC1. The Morgan fingerprint density at radius 2 is 2.00 bits per heavy atom. The number of carboxylic acid groups (broad SMARTS) is 1. The molecule has 1 aromatic carbocycles. The minimum absolute atomic E-state index is 0.121. The van der Waals surface area contributed by atoms with Crippen molar-refractivity contribution < 1.29 is 19.4 Å². The van der Waals surface area contributed by atoms with Gasteiger partial charge in [-0.05, 0) is 43.9 Å². The fourth-order valence-electron chi connectivity index (χ4n) is 2.67. The molecule has 0 bridgehead atoms. The van der Waals surface area contributed by atoms with Crippen molar-refractivity contribution in [1.29, 1.82) is 0 Å². The van der Waals surface area contributed by atoms with Crippen molar-refractivity contribution in [3.8, 4) is 5.75 Å². The summed E-state index contributed by atoms with van der Waals surface area (Å²) in [5.41, 5.74) is 0. The lowest BCUT2D eigenvalue weighted by Gasteiger charge is -2.33. The molecule has 2 rings (SSSR count). The number of nitrogens with zero attached hydrogens (tertiary/aromatic N) is 1. The topological polar surface area (TPSA) is 66.8 Å². The van der Waals surface area contributed by atoms with E-state index in [1.807, 2.05) is 0 Å². The molecule has 0 saturated carbocycles. The molecule has 126 valence electrons. The Morgan fingerprint density at radius 1 is 1.35 bits per heavy atom. The van der Waals surface area contributed by atoms with E-state index in [0.717, 1.165) is 0 Å². The first-order valence-corrected chi connectivity index (χ1v) is 8.24. The molecule has 0 aliphatic carbocycles. The Morgan fingerprint density at radius 3 is 2.57 bits per heavy atom. The van der Waals surface area contributed by atoms with Gasteiger partial charge < -0.3 is 14.7 Å². The van der Waals surface area contributed by atoms with E-state index in [-0.39, 0.29) is 18.2 Å². The molecule has 0 spiro atoms. The maximum absolute atomic E-state index is 12.4. The zero-order valence-electron chi connectivity index (χ0n) is 12.8. The summed E-state index contributed by atoms with van der Waals surface area (Å²) >= 11 is 11.9. The third-order valence-electron chi connectivity index (χ3n) is 3.93. The minimum atomic E-state index is -0.788. The highest BCUT2D eigenvalue weighted by Crippen LogP contribution is 2.29. The number of piperidine rings is 1. The molecule has 1 aliphatic rings. The fraction of sp³-hybridized carbons (Fsp3) is 0.500. The predicted molar refractivity (Wildman–Crippen MR) is 88.1 cm³/mol. The Balaban J connectivity index is 1.89. The second kappa shape index (κ2) is 7.88. The first-order valence-electron chi connectivity index (χ1n) is 7.49. The van der Waals surface area contributed by atoms with E-state index in [1.54, 1.807) is 30.0 Å². The molecule has 0 radical (unpaired) electrons. The van der Waals surface area contributed by atoms with Crippen LogP contribution in [0.2, 0.25) is 10.0 Å². The molecule has 7 heteroatoms. The van der Waals surface area contributed by atoms with Gasteiger partial charge in [-0.1, -0.05) is 23.2 Å². The molecule has 1 unspecified atom stereocenters. The van der Waals surface area contributed by atoms with Gasteiger partial charge in [-0.15, -0.1) is 0 Å². The van der Waals surface area contributed by atoms with Crippen LogP contribution in [0.5, 0.6) is 5.75 Å². The van der Waals surface area contributed by atoms with Gasteiger partial charge in [0, 0.05) is 24.5 Å². The Hall–Kier alpha value is -1.46. The van der Waals surface area contributed by atoms with Gasteiger partial charge in [-0.2, -0.15) is 0 Å². The Kier molecular flexibility index (Phi) is 6.13. The van der Waals surface area contributed by atoms with Crippen molar-refractivity contribution in [2.45, 2.75) is 32.3 Å². The maximum atomic E-state index is 12.4. The van der Waals surface area contributed by atoms with Gasteiger partial charge in [0.1, 0.15) is 5.75 Å². The molecule has 1 heterocycles. The Bertz CT molecular complexity index is 585. The van der Waals surface area contributed by atoms with Crippen molar-refractivity contribution in [2.24, 2.45) is 5.92 Å². The summed E-state index contributed by atoms with van der Waals surface area (Å²) in [6.45, 7) is 2.79. The summed E-state index contributed by atoms with van der Waals surface area (Å²) in [5, 5.41) is 9.68. The van der Waals surface area contributed by atoms with Gasteiger partial charge in [0.05, 0.1) is 5.02 Å². The zero-order valence-corrected chi connectivity index (χ0v) is 14.3. The number of aliphatic carboxylic acids is 1. The van der Waals surface area contributed by atoms with Gasteiger partial charge in [0.25, 0.3) is 5.91 Å². The molecule has 23 heavy (non-hydrogen) atoms. The monoisotopic (exact) mass is 359 g/mol. The lowest BCUT2D eigenvalue weighted by Crippen LogP contribution is -2.45. The van der Waals surface area contributed by atoms with Crippen molar-refractivity contribution in [3.63, 3.8) is 0 Å². The van der Waals surface area contributed by atoms with Crippen molar-refractivity contribution in [1.82, 2.24) is 4.90 Å². The molecule has 1 aliphatic heterocycles. The molecule has 1 atom stereocenters. The number of rotatable bonds is 5. The Labute approximate surface area is 145 Å². The largest absolute Gasteiger partial charge is 0.481 e. The lowest BCUT2D eigenvalue weighted by molar-refractivity contribution is -0.140. The van der Waals surface area contributed by atoms with Crippen LogP contribution in [0.15, 0.2) is 18.2 Å². The molecular formula is C16H19Cl2NO4. The fourth-order valence-corrected chi connectivity index (χ4v) is 3.13. The summed E-state index contributed by atoms with van der Waals surface area (Å²) in [6, 6.07) is 4.85. The van der Waals surface area contributed by atoms with E-state index in [2.05, 4.69) is 0 Å². The number of halogens is 2. The average Bonchev–Trinajstić information content (AvgIpc) is 2.49. The average molecular weight is 360 g/mol. The van der Waals surface area contributed by atoms with Crippen LogP contribution in [-0.2, 0) is 9.59 Å². The smallest absolute Gasteiger partial charge is 0.303 e. The van der Waals surface area contributed by atoms with E-state index in [1.165, 1.54) is 0 Å². The molecule has 1 N–H and O–H groups in total. The van der Waals surface area contributed by atoms with Crippen LogP contribution in [0.25, 0.3) is 0 Å². The quantitative estimate of drug-likeness (QED) is 0.873. The second-order valence-corrected chi connectivity index (χ2v) is 6.54. The third kappa shape index (κ3) is 5.01. The number of carbonyl (C=O) groups is 2. The second-order valence-electron chi connectivity index (χ2n) is 5.70. The first-order chi connectivity index (χ1) is 10.9. The maximum Gasteiger partial charge on any atom is 0.303 e. The first kappa shape index (κ1) is 17.9. The van der Waals surface area contributed by atoms with Crippen LogP contribution in [-0.4, -0.2) is 41.1 Å². The van der Waals surface area contributed by atoms with Crippen LogP contribution in [0, 0.1) is 5.92 Å². The highest BCUT2D eigenvalue weighted by Gasteiger charge is 2.28. The number of hydrogen-bond acceptors (Lipinski definition) is 3. The molecule has 1 aromatic rings. The van der Waals surface area contributed by atoms with E-state index >= 15 is 0 Å². The third-order valence-corrected chi connectivity index (χ3v) is 4.47. The molecule has 1 amide bonds. The number of likely N-dealkylation sites (tertiary alicyclic amines) is 1. The van der Waals surface area contributed by atoms with Crippen molar-refractivity contribution in [3.05, 3.63) is 28.2 Å². The number of benzene rings is 1. The number of carboxylic acids is 1. The van der Waals surface area contributed by atoms with Crippen LogP contribution in [0.3, 0.4) is 0 Å². The zero-order chi connectivity index (χ0) is 17.0. The van der Waals surface area contributed by atoms with Gasteiger partial charge >= 0.3 is 5.97 Å². The molecule has 1 fully saturated rings. The molecular weight excluding hydrogens is 341 g/mol. The highest BCUT2D eigenvalue weighted by molar-refractivity contribution is 6.35. The minimum Gasteiger partial charge on any atom is -0.481 e. The molecule has 0 aromatic heterocycles. The van der Waals surface area contributed by atoms with Gasteiger partial charge in [-0.25, -0.2) is 0 Å². The normalized spacial score (nSPS) is 16.9. The van der Waals surface area contributed by atoms with E-state index in [0.29, 0.717) is 41.7 Å².